The average Bonchev–Trinajstić information content (AvgIpc) is 3.05. The van der Waals surface area contributed by atoms with Crippen LogP contribution in [0.4, 0.5) is 10.1 Å². The third-order valence-electron chi connectivity index (χ3n) is 4.34. The lowest BCUT2D eigenvalue weighted by Gasteiger charge is -2.09. The summed E-state index contributed by atoms with van der Waals surface area (Å²) in [5.74, 6) is -0.651. The molecule has 3 aromatic carbocycles. The molecule has 28 heavy (non-hydrogen) atoms. The number of nitrogens with zero attached hydrogens (tertiary/aromatic N) is 2. The van der Waals surface area contributed by atoms with Crippen molar-refractivity contribution >= 4 is 45.7 Å². The fourth-order valence-electron chi connectivity index (χ4n) is 2.96. The van der Waals surface area contributed by atoms with Crippen LogP contribution >= 0.6 is 23.2 Å². The summed E-state index contributed by atoms with van der Waals surface area (Å²) >= 11 is 12.2. The first-order valence-electron chi connectivity index (χ1n) is 8.46. The first-order chi connectivity index (χ1) is 13.5. The predicted molar refractivity (Wildman–Crippen MR) is 110 cm³/mol. The average molecular weight is 414 g/mol. The molecule has 1 amide bonds. The Morgan fingerprint density at radius 1 is 1.04 bits per heavy atom. The number of hydrogen-bond acceptors (Lipinski definition) is 2. The van der Waals surface area contributed by atoms with Crippen molar-refractivity contribution in [2.75, 3.05) is 5.32 Å². The highest BCUT2D eigenvalue weighted by Gasteiger charge is 2.15. The summed E-state index contributed by atoms with van der Waals surface area (Å²) < 4.78 is 14.9. The molecule has 1 aromatic heterocycles. The molecule has 1 heterocycles. The summed E-state index contributed by atoms with van der Waals surface area (Å²) in [6.07, 6.45) is 1.72. The lowest BCUT2D eigenvalue weighted by atomic mass is 10.2. The zero-order chi connectivity index (χ0) is 19.7. The molecule has 0 atom stereocenters. The molecule has 0 aliphatic carbocycles. The number of rotatable bonds is 4. The molecule has 0 fully saturated rings. The Morgan fingerprint density at radius 3 is 2.46 bits per heavy atom. The van der Waals surface area contributed by atoms with Crippen molar-refractivity contribution in [1.82, 2.24) is 9.78 Å². The number of halogens is 3. The molecule has 0 aliphatic rings. The molecular formula is C21H14Cl2FN3O. The molecule has 7 heteroatoms. The van der Waals surface area contributed by atoms with E-state index in [1.54, 1.807) is 42.6 Å². The molecular weight excluding hydrogens is 400 g/mol. The lowest BCUT2D eigenvalue weighted by Crippen LogP contribution is -2.13. The molecule has 0 unspecified atom stereocenters. The van der Waals surface area contributed by atoms with E-state index in [4.69, 9.17) is 23.2 Å². The molecule has 4 nitrogen and oxygen atoms in total. The Hall–Kier alpha value is -2.89. The van der Waals surface area contributed by atoms with Gasteiger partial charge in [-0.05, 0) is 48.0 Å². The van der Waals surface area contributed by atoms with Crippen LogP contribution in [-0.2, 0) is 6.54 Å². The van der Waals surface area contributed by atoms with Gasteiger partial charge < -0.3 is 5.32 Å². The van der Waals surface area contributed by atoms with Crippen molar-refractivity contribution in [1.29, 1.82) is 0 Å². The number of carbonyl (C=O) groups is 1. The van der Waals surface area contributed by atoms with E-state index in [1.165, 1.54) is 12.1 Å². The number of amides is 1. The standard InChI is InChI=1S/C21H14Cl2FN3O/c22-17-2-1-3-18(23)20(17)21(28)26-16-8-9-19-14(10-16)11-25-27(19)12-13-4-6-15(24)7-5-13/h1-11H,12H2,(H,26,28). The molecule has 0 bridgehead atoms. The molecule has 0 saturated heterocycles. The van der Waals surface area contributed by atoms with Gasteiger partial charge in [0.1, 0.15) is 5.82 Å². The summed E-state index contributed by atoms with van der Waals surface area (Å²) in [6, 6.07) is 16.7. The lowest BCUT2D eigenvalue weighted by molar-refractivity contribution is 0.102. The quantitative estimate of drug-likeness (QED) is 0.460. The van der Waals surface area contributed by atoms with E-state index in [9.17, 15) is 9.18 Å². The van der Waals surface area contributed by atoms with Gasteiger partial charge in [-0.25, -0.2) is 4.39 Å². The van der Waals surface area contributed by atoms with Crippen molar-refractivity contribution in [3.05, 3.63) is 93.8 Å². The highest BCUT2D eigenvalue weighted by molar-refractivity contribution is 6.40. The van der Waals surface area contributed by atoms with E-state index >= 15 is 0 Å². The molecule has 4 aromatic rings. The minimum absolute atomic E-state index is 0.234. The highest BCUT2D eigenvalue weighted by atomic mass is 35.5. The first-order valence-corrected chi connectivity index (χ1v) is 9.22. The maximum absolute atomic E-state index is 13.1. The second kappa shape index (κ2) is 7.62. The third-order valence-corrected chi connectivity index (χ3v) is 4.97. The minimum Gasteiger partial charge on any atom is -0.322 e. The van der Waals surface area contributed by atoms with Crippen molar-refractivity contribution < 1.29 is 9.18 Å². The van der Waals surface area contributed by atoms with Gasteiger partial charge in [-0.2, -0.15) is 5.10 Å². The number of anilines is 1. The largest absolute Gasteiger partial charge is 0.322 e. The minimum atomic E-state index is -0.381. The summed E-state index contributed by atoms with van der Waals surface area (Å²) in [5, 5.41) is 8.64. The van der Waals surface area contributed by atoms with Crippen molar-refractivity contribution in [2.45, 2.75) is 6.54 Å². The summed E-state index contributed by atoms with van der Waals surface area (Å²) in [5.41, 5.74) is 2.68. The van der Waals surface area contributed by atoms with E-state index in [-0.39, 0.29) is 27.3 Å². The zero-order valence-electron chi connectivity index (χ0n) is 14.5. The SMILES string of the molecule is O=C(Nc1ccc2c(cnn2Cc2ccc(F)cc2)c1)c1c(Cl)cccc1Cl. The second-order valence-corrected chi connectivity index (χ2v) is 7.07. The molecule has 0 spiro atoms. The van der Waals surface area contributed by atoms with E-state index in [0.717, 1.165) is 16.5 Å². The molecule has 1 N–H and O–H groups in total. The number of fused-ring (bicyclic) bond motifs is 1. The summed E-state index contributed by atoms with van der Waals surface area (Å²) in [7, 11) is 0. The van der Waals surface area contributed by atoms with Crippen LogP contribution in [0.1, 0.15) is 15.9 Å². The van der Waals surface area contributed by atoms with Gasteiger partial charge in [0, 0.05) is 11.1 Å². The van der Waals surface area contributed by atoms with Gasteiger partial charge in [0.15, 0.2) is 0 Å². The number of benzene rings is 3. The highest BCUT2D eigenvalue weighted by Crippen LogP contribution is 2.26. The van der Waals surface area contributed by atoms with Crippen LogP contribution in [0, 0.1) is 5.82 Å². The molecule has 140 valence electrons. The maximum Gasteiger partial charge on any atom is 0.258 e. The molecule has 0 radical (unpaired) electrons. The third kappa shape index (κ3) is 3.72. The van der Waals surface area contributed by atoms with E-state index in [2.05, 4.69) is 10.4 Å². The smallest absolute Gasteiger partial charge is 0.258 e. The summed E-state index contributed by atoms with van der Waals surface area (Å²) in [6.45, 7) is 0.519. The van der Waals surface area contributed by atoms with Crippen molar-refractivity contribution in [3.8, 4) is 0 Å². The van der Waals surface area contributed by atoms with Gasteiger partial charge in [-0.15, -0.1) is 0 Å². The fraction of sp³-hybridized carbons (Fsp3) is 0.0476. The normalized spacial score (nSPS) is 11.0. The van der Waals surface area contributed by atoms with Crippen LogP contribution < -0.4 is 5.32 Å². The Balaban J connectivity index is 1.57. The zero-order valence-corrected chi connectivity index (χ0v) is 16.0. The van der Waals surface area contributed by atoms with E-state index in [1.807, 2.05) is 16.8 Å². The number of carbonyl (C=O) groups excluding carboxylic acids is 1. The van der Waals surface area contributed by atoms with Gasteiger partial charge in [-0.1, -0.05) is 41.4 Å². The van der Waals surface area contributed by atoms with Gasteiger partial charge in [0.2, 0.25) is 0 Å². The van der Waals surface area contributed by atoms with Crippen molar-refractivity contribution in [3.63, 3.8) is 0 Å². The second-order valence-electron chi connectivity index (χ2n) is 6.25. The van der Waals surface area contributed by atoms with Crippen LogP contribution in [0.5, 0.6) is 0 Å². The number of nitrogens with one attached hydrogen (secondary N) is 1. The number of aromatic nitrogens is 2. The van der Waals surface area contributed by atoms with E-state index < -0.39 is 0 Å². The van der Waals surface area contributed by atoms with Crippen molar-refractivity contribution in [2.24, 2.45) is 0 Å². The monoisotopic (exact) mass is 413 g/mol. The van der Waals surface area contributed by atoms with Gasteiger partial charge in [0.05, 0.1) is 33.9 Å². The molecule has 0 saturated carbocycles. The van der Waals surface area contributed by atoms with Crippen LogP contribution in [0.15, 0.2) is 66.9 Å². The Morgan fingerprint density at radius 2 is 1.75 bits per heavy atom. The fourth-order valence-corrected chi connectivity index (χ4v) is 3.53. The predicted octanol–water partition coefficient (Wildman–Crippen LogP) is 5.78. The van der Waals surface area contributed by atoms with Gasteiger partial charge >= 0.3 is 0 Å². The first kappa shape index (κ1) is 18.5. The van der Waals surface area contributed by atoms with E-state index in [0.29, 0.717) is 12.2 Å². The number of hydrogen-bond donors (Lipinski definition) is 1. The van der Waals surface area contributed by atoms with Crippen LogP contribution in [0.2, 0.25) is 10.0 Å². The Labute approximate surface area is 170 Å². The van der Waals surface area contributed by atoms with Crippen LogP contribution in [-0.4, -0.2) is 15.7 Å². The topological polar surface area (TPSA) is 46.9 Å². The Bertz CT molecular complexity index is 1150. The van der Waals surface area contributed by atoms with Crippen LogP contribution in [0.3, 0.4) is 0 Å². The van der Waals surface area contributed by atoms with Gasteiger partial charge in [-0.3, -0.25) is 9.48 Å². The molecule has 4 rings (SSSR count). The van der Waals surface area contributed by atoms with Crippen LogP contribution in [0.25, 0.3) is 10.9 Å². The Kier molecular flexibility index (Phi) is 5.03. The summed E-state index contributed by atoms with van der Waals surface area (Å²) in [4.78, 5) is 12.5. The van der Waals surface area contributed by atoms with Gasteiger partial charge in [0.25, 0.3) is 5.91 Å². The maximum atomic E-state index is 13.1. The molecule has 0 aliphatic heterocycles.